The number of H-pyrrole nitrogens is 1. The Morgan fingerprint density at radius 1 is 1.07 bits per heavy atom. The van der Waals surface area contributed by atoms with E-state index in [1.54, 1.807) is 10.8 Å². The quantitative estimate of drug-likeness (QED) is 0.560. The van der Waals surface area contributed by atoms with Gasteiger partial charge in [-0.1, -0.05) is 56.3 Å². The van der Waals surface area contributed by atoms with Gasteiger partial charge < -0.3 is 10.3 Å². The van der Waals surface area contributed by atoms with E-state index in [1.165, 1.54) is 5.56 Å². The first-order valence-corrected chi connectivity index (χ1v) is 9.97. The summed E-state index contributed by atoms with van der Waals surface area (Å²) in [5, 5.41) is 3.01. The van der Waals surface area contributed by atoms with Crippen molar-refractivity contribution in [1.82, 2.24) is 19.8 Å². The molecule has 1 amide bonds. The fourth-order valence-electron chi connectivity index (χ4n) is 3.19. The minimum Gasteiger partial charge on any atom is -0.347 e. The van der Waals surface area contributed by atoms with Crippen molar-refractivity contribution in [3.63, 3.8) is 0 Å². The average molecular weight is 395 g/mol. The second kappa shape index (κ2) is 9.48. The zero-order valence-electron chi connectivity index (χ0n) is 16.3. The summed E-state index contributed by atoms with van der Waals surface area (Å²) in [5.74, 6) is -0.162. The van der Waals surface area contributed by atoms with Crippen molar-refractivity contribution in [2.24, 2.45) is 0 Å². The zero-order chi connectivity index (χ0) is 19.9. The Balaban J connectivity index is 1.71. The lowest BCUT2D eigenvalue weighted by atomic mass is 10.1. The van der Waals surface area contributed by atoms with Crippen LogP contribution in [0.5, 0.6) is 0 Å². The summed E-state index contributed by atoms with van der Waals surface area (Å²) in [5.41, 5.74) is 3.69. The maximum atomic E-state index is 12.8. The van der Waals surface area contributed by atoms with E-state index in [4.69, 9.17) is 12.2 Å². The molecule has 0 atom stereocenters. The Morgan fingerprint density at radius 2 is 1.79 bits per heavy atom. The summed E-state index contributed by atoms with van der Waals surface area (Å²) >= 11 is 5.35. The number of para-hydroxylation sites is 1. The number of nitrogens with one attached hydrogen (secondary N) is 2. The Morgan fingerprint density at radius 3 is 2.50 bits per heavy atom. The first-order valence-electron chi connectivity index (χ1n) is 9.56. The van der Waals surface area contributed by atoms with Gasteiger partial charge in [0.1, 0.15) is 5.69 Å². The van der Waals surface area contributed by atoms with Gasteiger partial charge >= 0.3 is 0 Å². The molecule has 28 heavy (non-hydrogen) atoms. The minimum atomic E-state index is -0.162. The van der Waals surface area contributed by atoms with Crippen LogP contribution < -0.4 is 5.32 Å². The maximum Gasteiger partial charge on any atom is 0.270 e. The molecule has 3 rings (SSSR count). The molecule has 1 heterocycles. The second-order valence-corrected chi connectivity index (χ2v) is 7.00. The van der Waals surface area contributed by atoms with Gasteiger partial charge in [-0.2, -0.15) is 0 Å². The van der Waals surface area contributed by atoms with Crippen molar-refractivity contribution < 1.29 is 4.79 Å². The first kappa shape index (κ1) is 20.0. The molecule has 146 valence electrons. The molecule has 2 aromatic carbocycles. The number of hydrogen-bond donors (Lipinski definition) is 2. The van der Waals surface area contributed by atoms with Gasteiger partial charge in [-0.05, 0) is 48.6 Å². The molecule has 0 fully saturated rings. The van der Waals surface area contributed by atoms with Crippen molar-refractivity contribution in [2.45, 2.75) is 26.9 Å². The average Bonchev–Trinajstić information content (AvgIpc) is 3.12. The van der Waals surface area contributed by atoms with Gasteiger partial charge in [0.25, 0.3) is 5.91 Å². The third-order valence-electron chi connectivity index (χ3n) is 4.77. The van der Waals surface area contributed by atoms with Gasteiger partial charge in [-0.15, -0.1) is 0 Å². The second-order valence-electron chi connectivity index (χ2n) is 6.61. The monoisotopic (exact) mass is 394 g/mol. The van der Waals surface area contributed by atoms with Gasteiger partial charge in [0.15, 0.2) is 4.77 Å². The predicted octanol–water partition coefficient (Wildman–Crippen LogP) is 4.31. The fraction of sp³-hybridized carbons (Fsp3) is 0.273. The molecule has 0 aliphatic carbocycles. The van der Waals surface area contributed by atoms with E-state index in [0.29, 0.717) is 17.0 Å². The number of amides is 1. The molecule has 5 nitrogen and oxygen atoms in total. The van der Waals surface area contributed by atoms with Gasteiger partial charge in [0.2, 0.25) is 0 Å². The van der Waals surface area contributed by atoms with Crippen LogP contribution in [0.15, 0.2) is 60.8 Å². The van der Waals surface area contributed by atoms with Crippen LogP contribution in [0.25, 0.3) is 5.69 Å². The molecule has 0 saturated heterocycles. The molecule has 0 aliphatic heterocycles. The van der Waals surface area contributed by atoms with Gasteiger partial charge in [0, 0.05) is 25.0 Å². The zero-order valence-corrected chi connectivity index (χ0v) is 17.1. The summed E-state index contributed by atoms with van der Waals surface area (Å²) in [7, 11) is 0. The lowest BCUT2D eigenvalue weighted by Gasteiger charge is -2.18. The van der Waals surface area contributed by atoms with Crippen LogP contribution in [0.4, 0.5) is 0 Å². The number of aromatic amines is 1. The molecule has 6 heteroatoms. The van der Waals surface area contributed by atoms with Crippen LogP contribution in [-0.4, -0.2) is 33.4 Å². The molecule has 0 aliphatic rings. The van der Waals surface area contributed by atoms with E-state index in [2.05, 4.69) is 41.2 Å². The Bertz CT molecular complexity index is 973. The number of carbonyl (C=O) groups is 1. The molecule has 0 radical (unpaired) electrons. The van der Waals surface area contributed by atoms with Gasteiger partial charge in [0.05, 0.1) is 0 Å². The maximum absolute atomic E-state index is 12.8. The van der Waals surface area contributed by atoms with Crippen LogP contribution in [0, 0.1) is 4.77 Å². The highest BCUT2D eigenvalue weighted by atomic mass is 32.1. The molecule has 0 saturated carbocycles. The number of rotatable bonds is 8. The summed E-state index contributed by atoms with van der Waals surface area (Å²) in [6.07, 6.45) is 1.65. The normalized spacial score (nSPS) is 11.0. The lowest BCUT2D eigenvalue weighted by molar-refractivity contribution is 0.0944. The van der Waals surface area contributed by atoms with Crippen LogP contribution in [-0.2, 0) is 13.1 Å². The summed E-state index contributed by atoms with van der Waals surface area (Å²) < 4.78 is 2.25. The van der Waals surface area contributed by atoms with Gasteiger partial charge in [-0.3, -0.25) is 14.3 Å². The molecule has 3 aromatic rings. The Kier molecular flexibility index (Phi) is 6.79. The van der Waals surface area contributed by atoms with Crippen molar-refractivity contribution in [3.05, 3.63) is 82.4 Å². The van der Waals surface area contributed by atoms with Crippen molar-refractivity contribution in [3.8, 4) is 5.69 Å². The highest BCUT2D eigenvalue weighted by molar-refractivity contribution is 7.71. The standard InChI is InChI=1S/C22H26N4OS/c1-3-25(4-2)16-18-10-8-9-17(13-18)14-23-21(27)20-15-24-22(28)26(20)19-11-6-5-7-12-19/h5-13,15H,3-4,14,16H2,1-2H3,(H,23,27)(H,24,28). The highest BCUT2D eigenvalue weighted by Crippen LogP contribution is 2.13. The molecular formula is C22H26N4OS. The smallest absolute Gasteiger partial charge is 0.270 e. The highest BCUT2D eigenvalue weighted by Gasteiger charge is 2.14. The van der Waals surface area contributed by atoms with Crippen molar-refractivity contribution in [2.75, 3.05) is 13.1 Å². The molecule has 1 aromatic heterocycles. The minimum absolute atomic E-state index is 0.162. The summed E-state index contributed by atoms with van der Waals surface area (Å²) in [6.45, 7) is 7.76. The van der Waals surface area contributed by atoms with E-state index in [-0.39, 0.29) is 5.91 Å². The Hall–Kier alpha value is -2.70. The van der Waals surface area contributed by atoms with Crippen LogP contribution in [0.1, 0.15) is 35.5 Å². The Labute approximate surface area is 171 Å². The van der Waals surface area contributed by atoms with E-state index in [1.807, 2.05) is 42.5 Å². The lowest BCUT2D eigenvalue weighted by Crippen LogP contribution is -2.25. The number of nitrogens with zero attached hydrogens (tertiary/aromatic N) is 2. The number of hydrogen-bond acceptors (Lipinski definition) is 3. The largest absolute Gasteiger partial charge is 0.347 e. The summed E-state index contributed by atoms with van der Waals surface area (Å²) in [4.78, 5) is 18.1. The van der Waals surface area contributed by atoms with Crippen molar-refractivity contribution >= 4 is 18.1 Å². The number of aromatic nitrogens is 2. The van der Waals surface area contributed by atoms with Crippen LogP contribution in [0.3, 0.4) is 0 Å². The molecular weight excluding hydrogens is 368 g/mol. The molecule has 0 bridgehead atoms. The third-order valence-corrected chi connectivity index (χ3v) is 5.07. The van der Waals surface area contributed by atoms with Crippen LogP contribution in [0.2, 0.25) is 0 Å². The fourth-order valence-corrected chi connectivity index (χ4v) is 3.45. The van der Waals surface area contributed by atoms with E-state index >= 15 is 0 Å². The number of imidazole rings is 1. The van der Waals surface area contributed by atoms with Gasteiger partial charge in [-0.25, -0.2) is 0 Å². The SMILES string of the molecule is CCN(CC)Cc1cccc(CNC(=O)c2c[nH]c(=S)n2-c2ccccc2)c1. The predicted molar refractivity (Wildman–Crippen MR) is 115 cm³/mol. The van der Waals surface area contributed by atoms with Crippen molar-refractivity contribution in [1.29, 1.82) is 0 Å². The topological polar surface area (TPSA) is 53.1 Å². The van der Waals surface area contributed by atoms with E-state index in [0.717, 1.165) is 30.9 Å². The summed E-state index contributed by atoms with van der Waals surface area (Å²) in [6, 6.07) is 18.0. The first-order chi connectivity index (χ1) is 13.6. The number of carbonyl (C=O) groups excluding carboxylic acids is 1. The molecule has 2 N–H and O–H groups in total. The van der Waals surface area contributed by atoms with E-state index < -0.39 is 0 Å². The van der Waals surface area contributed by atoms with Crippen LogP contribution >= 0.6 is 12.2 Å². The molecule has 0 spiro atoms. The molecule has 0 unspecified atom stereocenters. The number of benzene rings is 2. The third kappa shape index (κ3) is 4.77. The van der Waals surface area contributed by atoms with E-state index in [9.17, 15) is 4.79 Å².